The van der Waals surface area contributed by atoms with E-state index in [9.17, 15) is 0 Å². The van der Waals surface area contributed by atoms with Gasteiger partial charge >= 0.3 is 0 Å². The SMILES string of the molecule is CC(C)(C)c1cc(N2[CH-]N(c3[c-]c(Oc4[c-]c5c(cc4)c4cc(C(C)(C)C)ccc4n5-c4cc(C(C)(C)c5ccccc5)ccn4)cc(-c4ccccc4)c3)C(C(C)(C)c3ccccc3)=C2C(C)(C)c2ccccc2)cc(C(C)(C)C)c1.[Pt]. The standard InChI is InChI=1S/C77H79N4O.Pt/c1-72(2,3)57-36-39-67-66(47-57)65-38-37-63(50-68(65)81(67)69-48-58(40-41-78-69)75(10,11)54-30-22-17-23-31-54)82-64-43-53(52-28-20-16-21-29-52)42-61(49-64)79-51-80(62-45-59(73(4,5)6)44-60(46-62)74(7,8)9)71(77(14,15)56-34-26-19-27-35-56)70(79)76(12,13)55-32-24-18-25-33-55;/h16-48,51H,1-15H3;/q-3;. The Morgan fingerprint density at radius 3 is 1.46 bits per heavy atom. The fraction of sp³-hybridized carbons (Fsp3) is 0.273. The number of hydrogen-bond acceptors (Lipinski definition) is 4. The van der Waals surface area contributed by atoms with Gasteiger partial charge in [-0.1, -0.05) is 249 Å². The van der Waals surface area contributed by atoms with E-state index in [0.717, 1.165) is 55.8 Å². The summed E-state index contributed by atoms with van der Waals surface area (Å²) in [6.45, 7) is 37.1. The molecule has 0 N–H and O–H groups in total. The molecule has 1 aliphatic heterocycles. The molecule has 10 aromatic rings. The van der Waals surface area contributed by atoms with Crippen molar-refractivity contribution in [3.63, 3.8) is 0 Å². The van der Waals surface area contributed by atoms with Crippen LogP contribution in [0.15, 0.2) is 212 Å². The van der Waals surface area contributed by atoms with Crippen LogP contribution in [0.4, 0.5) is 11.4 Å². The summed E-state index contributed by atoms with van der Waals surface area (Å²) >= 11 is 0. The van der Waals surface area contributed by atoms with Crippen LogP contribution in [-0.4, -0.2) is 9.55 Å². The minimum absolute atomic E-state index is 0. The average molecular weight is 1270 g/mol. The molecule has 5 nitrogen and oxygen atoms in total. The Labute approximate surface area is 509 Å². The zero-order valence-corrected chi connectivity index (χ0v) is 53.4. The molecule has 11 rings (SSSR count). The Hall–Kier alpha value is -7.46. The molecule has 0 atom stereocenters. The maximum absolute atomic E-state index is 7.22. The monoisotopic (exact) mass is 1270 g/mol. The number of ether oxygens (including phenoxy) is 1. The van der Waals surface area contributed by atoms with Crippen LogP contribution in [0.1, 0.15) is 143 Å². The molecule has 3 heterocycles. The largest absolute Gasteiger partial charge is 0.509 e. The molecule has 0 spiro atoms. The van der Waals surface area contributed by atoms with Gasteiger partial charge in [-0.15, -0.1) is 53.6 Å². The molecule has 6 heteroatoms. The zero-order valence-electron chi connectivity index (χ0n) is 51.1. The number of allylic oxidation sites excluding steroid dienone is 2. The Kier molecular flexibility index (Phi) is 15.5. The van der Waals surface area contributed by atoms with Crippen molar-refractivity contribution in [1.29, 1.82) is 0 Å². The molecule has 426 valence electrons. The smallest absolute Gasteiger partial charge is 0.135 e. The van der Waals surface area contributed by atoms with Gasteiger partial charge in [0, 0.05) is 77.6 Å². The third-order valence-corrected chi connectivity index (χ3v) is 17.2. The van der Waals surface area contributed by atoms with Crippen LogP contribution in [0.5, 0.6) is 11.5 Å². The zero-order chi connectivity index (χ0) is 58.1. The summed E-state index contributed by atoms with van der Waals surface area (Å²) in [6, 6.07) is 78.1. The molecule has 0 aliphatic carbocycles. The van der Waals surface area contributed by atoms with E-state index in [1.54, 1.807) is 0 Å². The Morgan fingerprint density at radius 1 is 0.398 bits per heavy atom. The predicted molar refractivity (Wildman–Crippen MR) is 345 cm³/mol. The Bertz CT molecular complexity index is 3970. The van der Waals surface area contributed by atoms with Gasteiger partial charge in [-0.3, -0.25) is 0 Å². The minimum atomic E-state index is -0.527. The Morgan fingerprint density at radius 2 is 0.916 bits per heavy atom. The van der Waals surface area contributed by atoms with E-state index < -0.39 is 10.8 Å². The van der Waals surface area contributed by atoms with Gasteiger partial charge in [0.25, 0.3) is 0 Å². The first-order valence-electron chi connectivity index (χ1n) is 29.1. The molecule has 0 amide bonds. The molecular formula is C77H79N4OPt-3. The number of anilines is 2. The maximum Gasteiger partial charge on any atom is 0.135 e. The molecular weight excluding hydrogens is 1190 g/mol. The van der Waals surface area contributed by atoms with Gasteiger partial charge in [0.1, 0.15) is 5.82 Å². The summed E-state index contributed by atoms with van der Waals surface area (Å²) in [7, 11) is 0. The summed E-state index contributed by atoms with van der Waals surface area (Å²) in [4.78, 5) is 9.99. The van der Waals surface area contributed by atoms with Gasteiger partial charge < -0.3 is 19.1 Å². The normalized spacial score (nSPS) is 13.7. The Balaban J connectivity index is 0.00000769. The van der Waals surface area contributed by atoms with E-state index in [0.29, 0.717) is 11.5 Å². The van der Waals surface area contributed by atoms with Crippen LogP contribution in [0.2, 0.25) is 0 Å². The fourth-order valence-electron chi connectivity index (χ4n) is 11.9. The van der Waals surface area contributed by atoms with E-state index >= 15 is 0 Å². The number of pyridine rings is 1. The van der Waals surface area contributed by atoms with E-state index in [-0.39, 0.29) is 42.7 Å². The second kappa shape index (κ2) is 21.9. The number of nitrogens with zero attached hydrogens (tertiary/aromatic N) is 4. The van der Waals surface area contributed by atoms with Crippen molar-refractivity contribution >= 4 is 33.2 Å². The number of hydrogen-bond donors (Lipinski definition) is 0. The first-order valence-corrected chi connectivity index (χ1v) is 29.1. The topological polar surface area (TPSA) is 33.5 Å². The van der Waals surface area contributed by atoms with Crippen LogP contribution >= 0.6 is 0 Å². The van der Waals surface area contributed by atoms with E-state index in [4.69, 9.17) is 9.72 Å². The molecule has 0 unspecified atom stereocenters. The van der Waals surface area contributed by atoms with Crippen molar-refractivity contribution in [3.8, 4) is 28.4 Å². The third kappa shape index (κ3) is 11.3. The first kappa shape index (κ1) is 58.7. The molecule has 2 aromatic heterocycles. The maximum atomic E-state index is 7.22. The summed E-state index contributed by atoms with van der Waals surface area (Å²) in [5.74, 6) is 1.98. The summed E-state index contributed by atoms with van der Waals surface area (Å²) in [5.41, 5.74) is 15.5. The average Bonchev–Trinajstić information content (AvgIpc) is 2.34. The molecule has 0 bridgehead atoms. The van der Waals surface area contributed by atoms with Gasteiger partial charge in [-0.25, -0.2) is 4.98 Å². The van der Waals surface area contributed by atoms with Gasteiger partial charge in [0.15, 0.2) is 0 Å². The van der Waals surface area contributed by atoms with Gasteiger partial charge in [-0.05, 0) is 96.5 Å². The van der Waals surface area contributed by atoms with E-state index in [1.807, 2.05) is 6.20 Å². The third-order valence-electron chi connectivity index (χ3n) is 17.2. The second-order valence-electron chi connectivity index (χ2n) is 27.2. The molecule has 8 aromatic carbocycles. The van der Waals surface area contributed by atoms with Crippen LogP contribution in [0.25, 0.3) is 38.8 Å². The summed E-state index contributed by atoms with van der Waals surface area (Å²) in [5, 5.41) is 2.22. The van der Waals surface area contributed by atoms with Crippen LogP contribution in [-0.2, 0) is 53.6 Å². The van der Waals surface area contributed by atoms with Crippen molar-refractivity contribution in [2.75, 3.05) is 9.80 Å². The van der Waals surface area contributed by atoms with Gasteiger partial charge in [-0.2, -0.15) is 6.07 Å². The van der Waals surface area contributed by atoms with Crippen molar-refractivity contribution in [3.05, 3.63) is 269 Å². The van der Waals surface area contributed by atoms with Gasteiger partial charge in [0.2, 0.25) is 0 Å². The number of benzene rings is 8. The summed E-state index contributed by atoms with van der Waals surface area (Å²) in [6.07, 6.45) is 1.94. The van der Waals surface area contributed by atoms with Crippen LogP contribution < -0.4 is 14.5 Å². The number of fused-ring (bicyclic) bond motifs is 3. The quantitative estimate of drug-likeness (QED) is 0.114. The molecule has 0 radical (unpaired) electrons. The van der Waals surface area contributed by atoms with Crippen LogP contribution in [0.3, 0.4) is 0 Å². The summed E-state index contributed by atoms with van der Waals surface area (Å²) < 4.78 is 9.48. The predicted octanol–water partition coefficient (Wildman–Crippen LogP) is 20.1. The van der Waals surface area contributed by atoms with Crippen molar-refractivity contribution in [2.45, 2.75) is 136 Å². The van der Waals surface area contributed by atoms with Crippen LogP contribution in [0, 0.1) is 18.8 Å². The molecule has 0 saturated heterocycles. The molecule has 1 aliphatic rings. The molecule has 83 heavy (non-hydrogen) atoms. The van der Waals surface area contributed by atoms with Crippen molar-refractivity contribution in [2.24, 2.45) is 0 Å². The van der Waals surface area contributed by atoms with E-state index in [1.165, 1.54) is 44.6 Å². The molecule has 0 saturated carbocycles. The van der Waals surface area contributed by atoms with Crippen molar-refractivity contribution in [1.82, 2.24) is 9.55 Å². The number of aromatic nitrogens is 2. The minimum Gasteiger partial charge on any atom is -0.509 e. The second-order valence-corrected chi connectivity index (χ2v) is 27.2. The fourth-order valence-corrected chi connectivity index (χ4v) is 11.9. The van der Waals surface area contributed by atoms with Crippen molar-refractivity contribution < 1.29 is 25.8 Å². The number of rotatable bonds is 12. The first-order chi connectivity index (χ1) is 38.8. The molecule has 0 fully saturated rings. The van der Waals surface area contributed by atoms with Gasteiger partial charge in [0.05, 0.1) is 0 Å². The van der Waals surface area contributed by atoms with E-state index in [2.05, 4.69) is 331 Å².